The molecule has 0 aliphatic rings. The maximum atomic E-state index is 13.3. The molecule has 7 heteroatoms. The minimum Gasteiger partial charge on any atom is -0.379 e. The monoisotopic (exact) mass is 269 g/mol. The van der Waals surface area contributed by atoms with Gasteiger partial charge in [0, 0.05) is 27.1 Å². The van der Waals surface area contributed by atoms with Gasteiger partial charge in [0.1, 0.15) is 11.5 Å². The smallest absolute Gasteiger partial charge is 0.295 e. The van der Waals surface area contributed by atoms with E-state index < -0.39 is 10.7 Å². The zero-order chi connectivity index (χ0) is 14.6. The fourth-order valence-electron chi connectivity index (χ4n) is 1.49. The highest BCUT2D eigenvalue weighted by molar-refractivity contribution is 5.76. The summed E-state index contributed by atoms with van der Waals surface area (Å²) in [7, 11) is 3.26. The van der Waals surface area contributed by atoms with Crippen LogP contribution in [0.2, 0.25) is 0 Å². The highest BCUT2D eigenvalue weighted by atomic mass is 19.1. The first-order valence-electron chi connectivity index (χ1n) is 5.71. The van der Waals surface area contributed by atoms with Gasteiger partial charge in [0.2, 0.25) is 5.91 Å². The predicted molar refractivity (Wildman–Crippen MR) is 69.6 cm³/mol. The summed E-state index contributed by atoms with van der Waals surface area (Å²) in [5.41, 5.74) is 0.197. The van der Waals surface area contributed by atoms with Gasteiger partial charge in [-0.25, -0.2) is 4.39 Å². The molecule has 1 N–H and O–H groups in total. The number of carbonyl (C=O) groups is 1. The number of benzene rings is 1. The Morgan fingerprint density at radius 2 is 2.11 bits per heavy atom. The van der Waals surface area contributed by atoms with Crippen molar-refractivity contribution in [3.63, 3.8) is 0 Å². The molecular formula is C12H16FN3O3. The number of nitrogens with zero attached hydrogens (tertiary/aromatic N) is 2. The Hall–Kier alpha value is -2.18. The van der Waals surface area contributed by atoms with E-state index in [9.17, 15) is 19.3 Å². The first-order chi connectivity index (χ1) is 8.82. The molecule has 0 atom stereocenters. The number of rotatable bonds is 5. The van der Waals surface area contributed by atoms with Crippen molar-refractivity contribution >= 4 is 17.3 Å². The summed E-state index contributed by atoms with van der Waals surface area (Å²) >= 11 is 0. The van der Waals surface area contributed by atoms with Crippen LogP contribution in [0.3, 0.4) is 0 Å². The molecule has 1 aromatic carbocycles. The van der Waals surface area contributed by atoms with Crippen LogP contribution in [0.25, 0.3) is 0 Å². The first kappa shape index (κ1) is 14.9. The van der Waals surface area contributed by atoms with Gasteiger partial charge >= 0.3 is 0 Å². The number of amides is 1. The summed E-state index contributed by atoms with van der Waals surface area (Å²) in [6, 6.07) is 2.25. The lowest BCUT2D eigenvalue weighted by atomic mass is 10.1. The van der Waals surface area contributed by atoms with Crippen LogP contribution < -0.4 is 5.32 Å². The quantitative estimate of drug-likeness (QED) is 0.654. The van der Waals surface area contributed by atoms with Gasteiger partial charge in [0.15, 0.2) is 0 Å². The molecule has 0 aliphatic heterocycles. The highest BCUT2D eigenvalue weighted by Crippen LogP contribution is 2.27. The zero-order valence-corrected chi connectivity index (χ0v) is 11.1. The van der Waals surface area contributed by atoms with E-state index in [2.05, 4.69) is 5.32 Å². The van der Waals surface area contributed by atoms with Crippen LogP contribution in [-0.2, 0) is 4.79 Å². The lowest BCUT2D eigenvalue weighted by Crippen LogP contribution is -2.24. The lowest BCUT2D eigenvalue weighted by molar-refractivity contribution is -0.384. The Labute approximate surface area is 110 Å². The molecule has 1 rings (SSSR count). The Bertz CT molecular complexity index is 503. The number of nitrogens with one attached hydrogen (secondary N) is 1. The summed E-state index contributed by atoms with van der Waals surface area (Å²) < 4.78 is 13.3. The van der Waals surface area contributed by atoms with Crippen molar-refractivity contribution in [2.24, 2.45) is 0 Å². The van der Waals surface area contributed by atoms with Crippen molar-refractivity contribution in [2.75, 3.05) is 26.0 Å². The van der Waals surface area contributed by atoms with Gasteiger partial charge in [-0.3, -0.25) is 14.9 Å². The van der Waals surface area contributed by atoms with Gasteiger partial charge < -0.3 is 10.2 Å². The number of nitro benzene ring substituents is 1. The van der Waals surface area contributed by atoms with Crippen molar-refractivity contribution in [3.8, 4) is 0 Å². The molecule has 0 saturated heterocycles. The maximum Gasteiger partial charge on any atom is 0.295 e. The van der Waals surface area contributed by atoms with Gasteiger partial charge in [-0.05, 0) is 18.6 Å². The normalized spacial score (nSPS) is 10.1. The van der Waals surface area contributed by atoms with E-state index in [4.69, 9.17) is 0 Å². The average molecular weight is 269 g/mol. The second kappa shape index (κ2) is 6.12. The van der Waals surface area contributed by atoms with Crippen molar-refractivity contribution in [1.82, 2.24) is 4.90 Å². The third kappa shape index (κ3) is 3.90. The molecule has 104 valence electrons. The molecule has 0 saturated carbocycles. The number of halogens is 1. The SMILES string of the molecule is Cc1cc(NCCC(=O)N(C)C)c([N+](=O)[O-])cc1F. The van der Waals surface area contributed by atoms with E-state index in [0.717, 1.165) is 6.07 Å². The summed E-state index contributed by atoms with van der Waals surface area (Å²) in [5, 5.41) is 13.6. The van der Waals surface area contributed by atoms with Crippen LogP contribution in [0.15, 0.2) is 12.1 Å². The molecule has 6 nitrogen and oxygen atoms in total. The topological polar surface area (TPSA) is 75.5 Å². The molecule has 0 aliphatic carbocycles. The molecular weight excluding hydrogens is 253 g/mol. The van der Waals surface area contributed by atoms with Crippen LogP contribution in [0.5, 0.6) is 0 Å². The summed E-state index contributed by atoms with van der Waals surface area (Å²) in [6.07, 6.45) is 0.209. The third-order valence-corrected chi connectivity index (χ3v) is 2.63. The largest absolute Gasteiger partial charge is 0.379 e. The molecule has 0 spiro atoms. The lowest BCUT2D eigenvalue weighted by Gasteiger charge is -2.11. The van der Waals surface area contributed by atoms with Gasteiger partial charge in [-0.1, -0.05) is 0 Å². The van der Waals surface area contributed by atoms with Crippen molar-refractivity contribution in [2.45, 2.75) is 13.3 Å². The molecule has 1 aromatic rings. The number of anilines is 1. The van der Waals surface area contributed by atoms with E-state index in [0.29, 0.717) is 5.56 Å². The van der Waals surface area contributed by atoms with Crippen LogP contribution in [0.1, 0.15) is 12.0 Å². The first-order valence-corrected chi connectivity index (χ1v) is 5.71. The fourth-order valence-corrected chi connectivity index (χ4v) is 1.49. The third-order valence-electron chi connectivity index (χ3n) is 2.63. The molecule has 0 bridgehead atoms. The standard InChI is InChI=1S/C12H16FN3O3/c1-8-6-10(11(16(18)19)7-9(8)13)14-5-4-12(17)15(2)3/h6-7,14H,4-5H2,1-3H3. The number of hydrogen-bond acceptors (Lipinski definition) is 4. The molecule has 0 heterocycles. The fraction of sp³-hybridized carbons (Fsp3) is 0.417. The Kier molecular flexibility index (Phi) is 4.80. The predicted octanol–water partition coefficient (Wildman–Crippen LogP) is 1.93. The van der Waals surface area contributed by atoms with Crippen LogP contribution in [0, 0.1) is 22.9 Å². The van der Waals surface area contributed by atoms with Gasteiger partial charge in [-0.2, -0.15) is 0 Å². The minimum absolute atomic E-state index is 0.0889. The van der Waals surface area contributed by atoms with Gasteiger partial charge in [-0.15, -0.1) is 0 Å². The Morgan fingerprint density at radius 3 is 2.63 bits per heavy atom. The number of nitro groups is 1. The van der Waals surface area contributed by atoms with Crippen molar-refractivity contribution in [3.05, 3.63) is 33.6 Å². The second-order valence-electron chi connectivity index (χ2n) is 4.34. The van der Waals surface area contributed by atoms with E-state index in [1.807, 2.05) is 0 Å². The second-order valence-corrected chi connectivity index (χ2v) is 4.34. The Morgan fingerprint density at radius 1 is 1.47 bits per heavy atom. The van der Waals surface area contributed by atoms with Gasteiger partial charge in [0.25, 0.3) is 5.69 Å². The van der Waals surface area contributed by atoms with E-state index in [1.54, 1.807) is 14.1 Å². The van der Waals surface area contributed by atoms with Crippen LogP contribution in [0.4, 0.5) is 15.8 Å². The zero-order valence-electron chi connectivity index (χ0n) is 11.1. The highest BCUT2D eigenvalue weighted by Gasteiger charge is 2.17. The minimum atomic E-state index is -0.654. The maximum absolute atomic E-state index is 13.3. The van der Waals surface area contributed by atoms with E-state index in [1.165, 1.54) is 17.9 Å². The van der Waals surface area contributed by atoms with Gasteiger partial charge in [0.05, 0.1) is 11.0 Å². The summed E-state index contributed by atoms with van der Waals surface area (Å²) in [4.78, 5) is 23.0. The molecule has 19 heavy (non-hydrogen) atoms. The summed E-state index contributed by atoms with van der Waals surface area (Å²) in [5.74, 6) is -0.712. The molecule has 0 radical (unpaired) electrons. The van der Waals surface area contributed by atoms with Crippen molar-refractivity contribution < 1.29 is 14.1 Å². The molecule has 1 amide bonds. The molecule has 0 fully saturated rings. The number of hydrogen-bond donors (Lipinski definition) is 1. The molecule has 0 aromatic heterocycles. The van der Waals surface area contributed by atoms with Crippen LogP contribution >= 0.6 is 0 Å². The number of carbonyl (C=O) groups excluding carboxylic acids is 1. The number of aryl methyl sites for hydroxylation is 1. The average Bonchev–Trinajstić information content (AvgIpc) is 2.32. The van der Waals surface area contributed by atoms with Crippen molar-refractivity contribution in [1.29, 1.82) is 0 Å². The Balaban J connectivity index is 2.80. The van der Waals surface area contributed by atoms with E-state index in [-0.39, 0.29) is 30.2 Å². The molecule has 0 unspecified atom stereocenters. The van der Waals surface area contributed by atoms with Crippen LogP contribution in [-0.4, -0.2) is 36.4 Å². The summed E-state index contributed by atoms with van der Waals surface area (Å²) in [6.45, 7) is 1.78. The van der Waals surface area contributed by atoms with E-state index >= 15 is 0 Å².